The van der Waals surface area contributed by atoms with E-state index in [9.17, 15) is 18.0 Å². The third kappa shape index (κ3) is 6.02. The second-order valence-electron chi connectivity index (χ2n) is 8.16. The largest absolute Gasteiger partial charge is 0.378 e. The molecule has 0 atom stereocenters. The van der Waals surface area contributed by atoms with Gasteiger partial charge in [-0.05, 0) is 48.7 Å². The number of hydrogen-bond acceptors (Lipinski definition) is 5. The standard InChI is InChI=1S/C25H33N3O5S/c1-4-28(5-2)34(31,32)21-12-9-20(10-13-21)11-14-24(29)26-23-8-6-7-22(19(23)3)25(30)27-15-17-33-18-16-27/h6-10,12-13H,4-5,11,14-18H2,1-3H3,(H,26,29). The lowest BCUT2D eigenvalue weighted by Gasteiger charge is -2.27. The highest BCUT2D eigenvalue weighted by molar-refractivity contribution is 7.89. The number of amides is 2. The van der Waals surface area contributed by atoms with Gasteiger partial charge in [0.05, 0.1) is 18.1 Å². The first kappa shape index (κ1) is 25.9. The van der Waals surface area contributed by atoms with E-state index in [1.54, 1.807) is 47.4 Å². The van der Waals surface area contributed by atoms with Gasteiger partial charge in [-0.15, -0.1) is 0 Å². The van der Waals surface area contributed by atoms with Gasteiger partial charge >= 0.3 is 0 Å². The highest BCUT2D eigenvalue weighted by atomic mass is 32.2. The summed E-state index contributed by atoms with van der Waals surface area (Å²) in [6.45, 7) is 8.46. The van der Waals surface area contributed by atoms with E-state index in [0.29, 0.717) is 57.1 Å². The van der Waals surface area contributed by atoms with Crippen LogP contribution in [0.5, 0.6) is 0 Å². The number of hydrogen-bond donors (Lipinski definition) is 1. The summed E-state index contributed by atoms with van der Waals surface area (Å²) in [5.41, 5.74) is 2.80. The smallest absolute Gasteiger partial charge is 0.254 e. The molecule has 0 unspecified atom stereocenters. The number of rotatable bonds is 9. The van der Waals surface area contributed by atoms with Crippen LogP contribution in [0.15, 0.2) is 47.4 Å². The summed E-state index contributed by atoms with van der Waals surface area (Å²) in [7, 11) is -3.50. The molecule has 1 aliphatic heterocycles. The monoisotopic (exact) mass is 487 g/mol. The van der Waals surface area contributed by atoms with Gasteiger partial charge in [0, 0.05) is 43.9 Å². The summed E-state index contributed by atoms with van der Waals surface area (Å²) < 4.78 is 32.0. The average molecular weight is 488 g/mol. The van der Waals surface area contributed by atoms with Crippen molar-refractivity contribution in [2.24, 2.45) is 0 Å². The van der Waals surface area contributed by atoms with Crippen molar-refractivity contribution in [2.45, 2.75) is 38.5 Å². The summed E-state index contributed by atoms with van der Waals surface area (Å²) in [6.07, 6.45) is 0.714. The number of sulfonamides is 1. The summed E-state index contributed by atoms with van der Waals surface area (Å²) in [5, 5.41) is 2.91. The number of ether oxygens (including phenoxy) is 1. The van der Waals surface area contributed by atoms with Crippen LogP contribution in [0.3, 0.4) is 0 Å². The maximum atomic E-state index is 12.9. The molecule has 0 aliphatic carbocycles. The maximum Gasteiger partial charge on any atom is 0.254 e. The molecule has 34 heavy (non-hydrogen) atoms. The lowest BCUT2D eigenvalue weighted by Crippen LogP contribution is -2.41. The molecule has 1 heterocycles. The zero-order valence-electron chi connectivity index (χ0n) is 20.0. The minimum atomic E-state index is -3.50. The molecule has 2 amide bonds. The second kappa shape index (κ2) is 11.6. The number of nitrogens with zero attached hydrogens (tertiary/aromatic N) is 2. The van der Waals surface area contributed by atoms with E-state index in [1.807, 2.05) is 20.8 Å². The first-order chi connectivity index (χ1) is 16.3. The van der Waals surface area contributed by atoms with Crippen molar-refractivity contribution in [3.63, 3.8) is 0 Å². The SMILES string of the molecule is CCN(CC)S(=O)(=O)c1ccc(CCC(=O)Nc2cccc(C(=O)N3CCOCC3)c2C)cc1. The topological polar surface area (TPSA) is 96.0 Å². The Bertz CT molecular complexity index is 1110. The fourth-order valence-corrected chi connectivity index (χ4v) is 5.41. The van der Waals surface area contributed by atoms with Gasteiger partial charge in [0.25, 0.3) is 5.91 Å². The molecule has 1 N–H and O–H groups in total. The lowest BCUT2D eigenvalue weighted by molar-refractivity contribution is -0.116. The Morgan fingerprint density at radius 3 is 2.29 bits per heavy atom. The van der Waals surface area contributed by atoms with Crippen LogP contribution >= 0.6 is 0 Å². The zero-order chi connectivity index (χ0) is 24.7. The van der Waals surface area contributed by atoms with Crippen LogP contribution < -0.4 is 5.32 Å². The van der Waals surface area contributed by atoms with Gasteiger partial charge < -0.3 is 15.0 Å². The average Bonchev–Trinajstić information content (AvgIpc) is 2.85. The first-order valence-corrected chi connectivity index (χ1v) is 13.1. The fourth-order valence-electron chi connectivity index (χ4n) is 3.95. The molecule has 0 aromatic heterocycles. The van der Waals surface area contributed by atoms with Crippen molar-refractivity contribution >= 4 is 27.5 Å². The summed E-state index contributed by atoms with van der Waals surface area (Å²) in [6, 6.07) is 12.0. The molecular weight excluding hydrogens is 454 g/mol. The predicted octanol–water partition coefficient (Wildman–Crippen LogP) is 3.07. The zero-order valence-corrected chi connectivity index (χ0v) is 20.9. The predicted molar refractivity (Wildman–Crippen MR) is 131 cm³/mol. The number of benzene rings is 2. The molecule has 2 aromatic rings. The fraction of sp³-hybridized carbons (Fsp3) is 0.440. The number of anilines is 1. The molecule has 3 rings (SSSR count). The highest BCUT2D eigenvalue weighted by Crippen LogP contribution is 2.22. The van der Waals surface area contributed by atoms with Gasteiger partial charge in [-0.25, -0.2) is 8.42 Å². The van der Waals surface area contributed by atoms with Crippen LogP contribution in [0.4, 0.5) is 5.69 Å². The minimum Gasteiger partial charge on any atom is -0.378 e. The van der Waals surface area contributed by atoms with Crippen molar-refractivity contribution in [3.8, 4) is 0 Å². The van der Waals surface area contributed by atoms with Crippen molar-refractivity contribution < 1.29 is 22.7 Å². The second-order valence-corrected chi connectivity index (χ2v) is 10.1. The Hall–Kier alpha value is -2.75. The van der Waals surface area contributed by atoms with E-state index in [0.717, 1.165) is 11.1 Å². The molecular formula is C25H33N3O5S. The van der Waals surface area contributed by atoms with Crippen LogP contribution in [0.2, 0.25) is 0 Å². The minimum absolute atomic E-state index is 0.0587. The molecule has 0 spiro atoms. The van der Waals surface area contributed by atoms with E-state index in [-0.39, 0.29) is 23.1 Å². The van der Waals surface area contributed by atoms with Crippen LogP contribution in [-0.2, 0) is 26.0 Å². The third-order valence-corrected chi connectivity index (χ3v) is 8.11. The first-order valence-electron chi connectivity index (χ1n) is 11.6. The van der Waals surface area contributed by atoms with Crippen LogP contribution in [0, 0.1) is 6.92 Å². The molecule has 1 saturated heterocycles. The van der Waals surface area contributed by atoms with Crippen molar-refractivity contribution in [2.75, 3.05) is 44.7 Å². The van der Waals surface area contributed by atoms with Gasteiger partial charge in [0.1, 0.15) is 0 Å². The van der Waals surface area contributed by atoms with Crippen LogP contribution in [0.1, 0.15) is 41.8 Å². The molecule has 184 valence electrons. The van der Waals surface area contributed by atoms with E-state index < -0.39 is 10.0 Å². The van der Waals surface area contributed by atoms with Gasteiger partial charge in [0.15, 0.2) is 0 Å². The van der Waals surface area contributed by atoms with E-state index >= 15 is 0 Å². The van der Waals surface area contributed by atoms with E-state index in [1.165, 1.54) is 4.31 Å². The van der Waals surface area contributed by atoms with E-state index in [2.05, 4.69) is 5.32 Å². The molecule has 0 radical (unpaired) electrons. The highest BCUT2D eigenvalue weighted by Gasteiger charge is 2.22. The van der Waals surface area contributed by atoms with Gasteiger partial charge in [0.2, 0.25) is 15.9 Å². The molecule has 1 fully saturated rings. The summed E-state index contributed by atoms with van der Waals surface area (Å²) in [4.78, 5) is 27.5. The van der Waals surface area contributed by atoms with E-state index in [4.69, 9.17) is 4.74 Å². The molecule has 9 heteroatoms. The molecule has 0 bridgehead atoms. The Morgan fingerprint density at radius 2 is 1.68 bits per heavy atom. The van der Waals surface area contributed by atoms with Gasteiger partial charge in [-0.2, -0.15) is 4.31 Å². The Kier molecular flexibility index (Phi) is 8.82. The summed E-state index contributed by atoms with van der Waals surface area (Å²) >= 11 is 0. The molecule has 0 saturated carbocycles. The Balaban J connectivity index is 1.61. The Labute approximate surface area is 201 Å². The van der Waals surface area contributed by atoms with Gasteiger partial charge in [-0.1, -0.05) is 32.0 Å². The number of nitrogens with one attached hydrogen (secondary N) is 1. The van der Waals surface area contributed by atoms with Gasteiger partial charge in [-0.3, -0.25) is 9.59 Å². The lowest BCUT2D eigenvalue weighted by atomic mass is 10.0. The van der Waals surface area contributed by atoms with Crippen LogP contribution in [0.25, 0.3) is 0 Å². The van der Waals surface area contributed by atoms with Crippen molar-refractivity contribution in [3.05, 3.63) is 59.2 Å². The molecule has 2 aromatic carbocycles. The number of carbonyl (C=O) groups is 2. The van der Waals surface area contributed by atoms with Crippen LogP contribution in [-0.4, -0.2) is 68.8 Å². The quantitative estimate of drug-likeness (QED) is 0.587. The van der Waals surface area contributed by atoms with Crippen molar-refractivity contribution in [1.29, 1.82) is 0 Å². The molecule has 1 aliphatic rings. The Morgan fingerprint density at radius 1 is 1.03 bits per heavy atom. The van der Waals surface area contributed by atoms with Crippen molar-refractivity contribution in [1.82, 2.24) is 9.21 Å². The number of morpholine rings is 1. The maximum absolute atomic E-state index is 12.9. The number of carbonyl (C=O) groups excluding carboxylic acids is 2. The number of aryl methyl sites for hydroxylation is 1. The normalized spacial score (nSPS) is 14.3. The third-order valence-electron chi connectivity index (χ3n) is 6.04. The summed E-state index contributed by atoms with van der Waals surface area (Å²) in [5.74, 6) is -0.226. The molecule has 8 nitrogen and oxygen atoms in total.